The highest BCUT2D eigenvalue weighted by atomic mass is 127. The van der Waals surface area contributed by atoms with Crippen molar-refractivity contribution in [1.82, 2.24) is 15.2 Å². The summed E-state index contributed by atoms with van der Waals surface area (Å²) in [7, 11) is 0. The Balaban J connectivity index is 2.22. The van der Waals surface area contributed by atoms with Gasteiger partial charge in [-0.25, -0.2) is 5.84 Å². The van der Waals surface area contributed by atoms with Crippen LogP contribution in [0.1, 0.15) is 15.9 Å². The number of rotatable bonds is 3. The first-order chi connectivity index (χ1) is 8.60. The standard InChI is InChI=1S/C11H10BrIN4O/c12-10-3-7(11(18)16-14)1-2-8(10)5-17-6-9(13)4-15-17/h1-4,6H,5,14H2,(H,16,18). The molecule has 0 saturated carbocycles. The Hall–Kier alpha value is -0.930. The fourth-order valence-electron chi connectivity index (χ4n) is 1.50. The van der Waals surface area contributed by atoms with Gasteiger partial charge < -0.3 is 0 Å². The zero-order valence-corrected chi connectivity index (χ0v) is 13.0. The Labute approximate surface area is 126 Å². The van der Waals surface area contributed by atoms with Crippen LogP contribution in [0.25, 0.3) is 0 Å². The average Bonchev–Trinajstić information content (AvgIpc) is 2.76. The Bertz CT molecular complexity index is 584. The molecule has 0 unspecified atom stereocenters. The maximum Gasteiger partial charge on any atom is 0.265 e. The number of nitrogen functional groups attached to an aromatic ring is 1. The monoisotopic (exact) mass is 420 g/mol. The molecule has 18 heavy (non-hydrogen) atoms. The smallest absolute Gasteiger partial charge is 0.265 e. The highest BCUT2D eigenvalue weighted by Gasteiger charge is 2.08. The van der Waals surface area contributed by atoms with Crippen LogP contribution in [0.15, 0.2) is 35.1 Å². The maximum atomic E-state index is 11.4. The van der Waals surface area contributed by atoms with Crippen LogP contribution in [-0.2, 0) is 6.54 Å². The van der Waals surface area contributed by atoms with E-state index < -0.39 is 0 Å². The molecule has 0 bridgehead atoms. The van der Waals surface area contributed by atoms with Crippen LogP contribution >= 0.6 is 38.5 Å². The number of amides is 1. The van der Waals surface area contributed by atoms with Crippen LogP contribution in [0.3, 0.4) is 0 Å². The second kappa shape index (κ2) is 5.81. The molecular formula is C11H10BrIN4O. The van der Waals surface area contributed by atoms with E-state index >= 15 is 0 Å². The van der Waals surface area contributed by atoms with Gasteiger partial charge in [-0.1, -0.05) is 22.0 Å². The molecule has 0 radical (unpaired) electrons. The van der Waals surface area contributed by atoms with Gasteiger partial charge in [0.15, 0.2) is 0 Å². The van der Waals surface area contributed by atoms with Gasteiger partial charge in [0.1, 0.15) is 0 Å². The number of aromatic nitrogens is 2. The summed E-state index contributed by atoms with van der Waals surface area (Å²) in [6, 6.07) is 5.35. The van der Waals surface area contributed by atoms with Crippen LogP contribution in [0.4, 0.5) is 0 Å². The molecule has 1 aromatic carbocycles. The van der Waals surface area contributed by atoms with Gasteiger partial charge in [-0.05, 0) is 40.3 Å². The summed E-state index contributed by atoms with van der Waals surface area (Å²) in [5.74, 6) is 4.78. The molecule has 2 aromatic rings. The lowest BCUT2D eigenvalue weighted by Gasteiger charge is -2.07. The summed E-state index contributed by atoms with van der Waals surface area (Å²) in [4.78, 5) is 11.4. The summed E-state index contributed by atoms with van der Waals surface area (Å²) in [6.07, 6.45) is 3.75. The van der Waals surface area contributed by atoms with Crippen molar-refractivity contribution in [2.24, 2.45) is 5.84 Å². The number of hydrogen-bond donors (Lipinski definition) is 2. The van der Waals surface area contributed by atoms with Crippen LogP contribution < -0.4 is 11.3 Å². The number of nitrogens with zero attached hydrogens (tertiary/aromatic N) is 2. The molecule has 0 fully saturated rings. The number of benzene rings is 1. The van der Waals surface area contributed by atoms with E-state index in [0.717, 1.165) is 13.6 Å². The normalized spacial score (nSPS) is 10.4. The van der Waals surface area contributed by atoms with Crippen LogP contribution in [-0.4, -0.2) is 15.7 Å². The van der Waals surface area contributed by atoms with Gasteiger partial charge in [-0.3, -0.25) is 14.9 Å². The van der Waals surface area contributed by atoms with E-state index in [1.54, 1.807) is 18.3 Å². The van der Waals surface area contributed by atoms with E-state index in [0.29, 0.717) is 12.1 Å². The molecule has 2 rings (SSSR count). The Morgan fingerprint density at radius 3 is 2.89 bits per heavy atom. The van der Waals surface area contributed by atoms with Gasteiger partial charge >= 0.3 is 0 Å². The van der Waals surface area contributed by atoms with Gasteiger partial charge in [0.25, 0.3) is 5.91 Å². The molecule has 94 valence electrons. The summed E-state index contributed by atoms with van der Waals surface area (Å²) < 4.78 is 3.78. The minimum Gasteiger partial charge on any atom is -0.290 e. The van der Waals surface area contributed by atoms with Crippen LogP contribution in [0.2, 0.25) is 0 Å². The molecule has 1 amide bonds. The van der Waals surface area contributed by atoms with E-state index in [2.05, 4.69) is 49.0 Å². The van der Waals surface area contributed by atoms with Gasteiger partial charge in [-0.2, -0.15) is 5.10 Å². The number of nitrogens with two attached hydrogens (primary N) is 1. The number of nitrogens with one attached hydrogen (secondary N) is 1. The summed E-state index contributed by atoms with van der Waals surface area (Å²) in [5.41, 5.74) is 3.66. The minimum absolute atomic E-state index is 0.309. The third-order valence-corrected chi connectivity index (χ3v) is 3.68. The molecule has 0 aliphatic heterocycles. The largest absolute Gasteiger partial charge is 0.290 e. The molecule has 0 aliphatic carbocycles. The fraction of sp³-hybridized carbons (Fsp3) is 0.0909. The second-order valence-electron chi connectivity index (χ2n) is 3.64. The van der Waals surface area contributed by atoms with E-state index in [4.69, 9.17) is 5.84 Å². The Kier molecular flexibility index (Phi) is 4.36. The van der Waals surface area contributed by atoms with Crippen molar-refractivity contribution in [1.29, 1.82) is 0 Å². The Morgan fingerprint density at radius 1 is 1.56 bits per heavy atom. The van der Waals surface area contributed by atoms with Crippen molar-refractivity contribution in [2.75, 3.05) is 0 Å². The van der Waals surface area contributed by atoms with Crippen molar-refractivity contribution in [2.45, 2.75) is 6.54 Å². The lowest BCUT2D eigenvalue weighted by Crippen LogP contribution is -2.29. The SMILES string of the molecule is NNC(=O)c1ccc(Cn2cc(I)cn2)c(Br)c1. The van der Waals surface area contributed by atoms with E-state index in [9.17, 15) is 4.79 Å². The Morgan fingerprint density at radius 2 is 2.33 bits per heavy atom. The molecule has 0 spiro atoms. The number of hydrogen-bond acceptors (Lipinski definition) is 3. The number of carbonyl (C=O) groups excluding carboxylic acids is 1. The van der Waals surface area contributed by atoms with Gasteiger partial charge in [0.05, 0.1) is 16.3 Å². The summed E-state index contributed by atoms with van der Waals surface area (Å²) in [5, 5.41) is 4.21. The molecule has 0 atom stereocenters. The van der Waals surface area contributed by atoms with Crippen molar-refractivity contribution in [3.63, 3.8) is 0 Å². The summed E-state index contributed by atoms with van der Waals surface area (Å²) >= 11 is 5.65. The molecular weight excluding hydrogens is 411 g/mol. The van der Waals surface area contributed by atoms with Gasteiger partial charge in [-0.15, -0.1) is 0 Å². The third-order valence-electron chi connectivity index (χ3n) is 2.38. The first-order valence-corrected chi connectivity index (χ1v) is 6.94. The molecule has 1 aromatic heterocycles. The minimum atomic E-state index is -0.309. The first-order valence-electron chi connectivity index (χ1n) is 5.07. The van der Waals surface area contributed by atoms with Gasteiger partial charge in [0, 0.05) is 16.2 Å². The predicted molar refractivity (Wildman–Crippen MR) is 79.8 cm³/mol. The average molecular weight is 421 g/mol. The lowest BCUT2D eigenvalue weighted by atomic mass is 10.1. The highest BCUT2D eigenvalue weighted by molar-refractivity contribution is 14.1. The van der Waals surface area contributed by atoms with E-state index in [1.807, 2.05) is 16.9 Å². The molecule has 3 N–H and O–H groups in total. The quantitative estimate of drug-likeness (QED) is 0.344. The predicted octanol–water partition coefficient (Wildman–Crippen LogP) is 1.90. The van der Waals surface area contributed by atoms with Crippen LogP contribution in [0, 0.1) is 3.57 Å². The van der Waals surface area contributed by atoms with Crippen LogP contribution in [0.5, 0.6) is 0 Å². The topological polar surface area (TPSA) is 72.9 Å². The summed E-state index contributed by atoms with van der Waals surface area (Å²) in [6.45, 7) is 0.647. The molecule has 1 heterocycles. The van der Waals surface area contributed by atoms with E-state index in [-0.39, 0.29) is 5.91 Å². The van der Waals surface area contributed by atoms with Crippen molar-refractivity contribution >= 4 is 44.4 Å². The van der Waals surface area contributed by atoms with Crippen molar-refractivity contribution in [3.8, 4) is 0 Å². The third kappa shape index (κ3) is 3.09. The molecule has 0 saturated heterocycles. The first kappa shape index (κ1) is 13.5. The van der Waals surface area contributed by atoms with Gasteiger partial charge in [0.2, 0.25) is 0 Å². The second-order valence-corrected chi connectivity index (χ2v) is 5.74. The highest BCUT2D eigenvalue weighted by Crippen LogP contribution is 2.20. The molecule has 5 nitrogen and oxygen atoms in total. The zero-order valence-electron chi connectivity index (χ0n) is 9.23. The fourth-order valence-corrected chi connectivity index (χ4v) is 2.45. The number of halogens is 2. The number of hydrazine groups is 1. The molecule has 7 heteroatoms. The van der Waals surface area contributed by atoms with Crippen molar-refractivity contribution < 1.29 is 4.79 Å². The van der Waals surface area contributed by atoms with E-state index in [1.165, 1.54) is 0 Å². The number of carbonyl (C=O) groups is 1. The zero-order chi connectivity index (χ0) is 13.1. The van der Waals surface area contributed by atoms with Crippen molar-refractivity contribution in [3.05, 3.63) is 49.8 Å². The lowest BCUT2D eigenvalue weighted by molar-refractivity contribution is 0.0953. The molecule has 0 aliphatic rings. The maximum absolute atomic E-state index is 11.4.